The molecule has 0 fully saturated rings. The number of nitrogens with two attached hydrogens (primary N) is 1. The van der Waals surface area contributed by atoms with Crippen LogP contribution >= 0.6 is 0 Å². The van der Waals surface area contributed by atoms with Crippen LogP contribution in [0.4, 0.5) is 0 Å². The summed E-state index contributed by atoms with van der Waals surface area (Å²) in [6.07, 6.45) is 6.33. The van der Waals surface area contributed by atoms with E-state index < -0.39 is 0 Å². The molecule has 0 aromatic heterocycles. The molecule has 2 nitrogen and oxygen atoms in total. The average Bonchev–Trinajstić information content (AvgIpc) is 2.04. The van der Waals surface area contributed by atoms with Crippen molar-refractivity contribution in [3.8, 4) is 0 Å². The van der Waals surface area contributed by atoms with E-state index >= 15 is 0 Å². The van der Waals surface area contributed by atoms with E-state index in [1.807, 2.05) is 0 Å². The van der Waals surface area contributed by atoms with Crippen molar-refractivity contribution in [2.45, 2.75) is 12.8 Å². The molecule has 0 aliphatic heterocycles. The fraction of sp³-hybridized carbons (Fsp3) is 0.750. The first-order chi connectivity index (χ1) is 4.88. The molecule has 0 bridgehead atoms. The van der Waals surface area contributed by atoms with Crippen LogP contribution in [0, 0.1) is 11.8 Å². The highest BCUT2D eigenvalue weighted by atomic mass is 16.3. The molecule has 0 saturated carbocycles. The normalized spacial score (nSPS) is 32.6. The summed E-state index contributed by atoms with van der Waals surface area (Å²) in [5.74, 6) is 0.921. The predicted octanol–water partition coefficient (Wildman–Crippen LogP) is 0.520. The molecule has 0 unspecified atom stereocenters. The lowest BCUT2D eigenvalue weighted by Crippen LogP contribution is -2.27. The molecule has 1 aliphatic rings. The molecule has 2 atom stereocenters. The second kappa shape index (κ2) is 3.74. The Bertz CT molecular complexity index is 108. The maximum Gasteiger partial charge on any atom is 0.0465 e. The SMILES string of the molecule is NC[C@H]1CC=CC[C@@H]1CO. The van der Waals surface area contributed by atoms with Gasteiger partial charge in [-0.05, 0) is 31.2 Å². The largest absolute Gasteiger partial charge is 0.396 e. The van der Waals surface area contributed by atoms with E-state index in [-0.39, 0.29) is 6.61 Å². The van der Waals surface area contributed by atoms with Crippen molar-refractivity contribution in [1.82, 2.24) is 0 Å². The number of aliphatic hydroxyl groups is 1. The molecule has 0 heterocycles. The van der Waals surface area contributed by atoms with E-state index in [2.05, 4.69) is 12.2 Å². The van der Waals surface area contributed by atoms with Gasteiger partial charge in [-0.15, -0.1) is 0 Å². The minimum Gasteiger partial charge on any atom is -0.396 e. The molecule has 0 spiro atoms. The van der Waals surface area contributed by atoms with Gasteiger partial charge in [0.15, 0.2) is 0 Å². The molecule has 10 heavy (non-hydrogen) atoms. The van der Waals surface area contributed by atoms with Gasteiger partial charge in [0.25, 0.3) is 0 Å². The van der Waals surface area contributed by atoms with E-state index in [4.69, 9.17) is 10.8 Å². The summed E-state index contributed by atoms with van der Waals surface area (Å²) in [4.78, 5) is 0. The number of aliphatic hydroxyl groups excluding tert-OH is 1. The summed E-state index contributed by atoms with van der Waals surface area (Å²) in [6.45, 7) is 0.988. The van der Waals surface area contributed by atoms with Crippen LogP contribution in [0.2, 0.25) is 0 Å². The van der Waals surface area contributed by atoms with Crippen LogP contribution in [-0.4, -0.2) is 18.3 Å². The molecule has 58 valence electrons. The van der Waals surface area contributed by atoms with E-state index in [0.29, 0.717) is 18.4 Å². The van der Waals surface area contributed by atoms with Crippen molar-refractivity contribution in [2.24, 2.45) is 17.6 Å². The number of hydrogen-bond donors (Lipinski definition) is 2. The van der Waals surface area contributed by atoms with Crippen molar-refractivity contribution in [3.05, 3.63) is 12.2 Å². The molecule has 1 aliphatic carbocycles. The van der Waals surface area contributed by atoms with Gasteiger partial charge in [-0.2, -0.15) is 0 Å². The molecule has 0 aromatic carbocycles. The zero-order valence-corrected chi connectivity index (χ0v) is 6.16. The molecular weight excluding hydrogens is 126 g/mol. The summed E-state index contributed by atoms with van der Waals surface area (Å²) < 4.78 is 0. The van der Waals surface area contributed by atoms with E-state index in [1.54, 1.807) is 0 Å². The fourth-order valence-corrected chi connectivity index (χ4v) is 1.44. The van der Waals surface area contributed by atoms with Gasteiger partial charge in [0.1, 0.15) is 0 Å². The summed E-state index contributed by atoms with van der Waals surface area (Å²) in [6, 6.07) is 0. The first-order valence-corrected chi connectivity index (χ1v) is 3.84. The Hall–Kier alpha value is -0.340. The van der Waals surface area contributed by atoms with E-state index in [0.717, 1.165) is 12.8 Å². The van der Waals surface area contributed by atoms with Crippen molar-refractivity contribution in [1.29, 1.82) is 0 Å². The monoisotopic (exact) mass is 141 g/mol. The van der Waals surface area contributed by atoms with Gasteiger partial charge in [-0.3, -0.25) is 0 Å². The Labute approximate surface area is 61.7 Å². The van der Waals surface area contributed by atoms with Crippen molar-refractivity contribution < 1.29 is 5.11 Å². The van der Waals surface area contributed by atoms with Crippen LogP contribution in [-0.2, 0) is 0 Å². The Morgan fingerprint density at radius 1 is 1.30 bits per heavy atom. The van der Waals surface area contributed by atoms with E-state index in [1.165, 1.54) is 0 Å². The highest BCUT2D eigenvalue weighted by Crippen LogP contribution is 2.23. The van der Waals surface area contributed by atoms with Crippen molar-refractivity contribution in [2.75, 3.05) is 13.2 Å². The van der Waals surface area contributed by atoms with Gasteiger partial charge in [-0.25, -0.2) is 0 Å². The van der Waals surface area contributed by atoms with Gasteiger partial charge in [-0.1, -0.05) is 12.2 Å². The lowest BCUT2D eigenvalue weighted by atomic mass is 9.84. The van der Waals surface area contributed by atoms with Crippen molar-refractivity contribution in [3.63, 3.8) is 0 Å². The first-order valence-electron chi connectivity index (χ1n) is 3.84. The Kier molecular flexibility index (Phi) is 2.90. The second-order valence-corrected chi connectivity index (χ2v) is 2.88. The standard InChI is InChI=1S/C8H15NO/c9-5-7-3-1-2-4-8(7)6-10/h1-2,7-8,10H,3-6,9H2/t7-,8-/m1/s1. The predicted molar refractivity (Wildman–Crippen MR) is 41.5 cm³/mol. The minimum atomic E-state index is 0.284. The zero-order chi connectivity index (χ0) is 7.40. The zero-order valence-electron chi connectivity index (χ0n) is 6.16. The van der Waals surface area contributed by atoms with Crippen LogP contribution in [0.25, 0.3) is 0 Å². The third kappa shape index (κ3) is 1.58. The van der Waals surface area contributed by atoms with Crippen LogP contribution in [0.5, 0.6) is 0 Å². The summed E-state index contributed by atoms with van der Waals surface area (Å²) >= 11 is 0. The van der Waals surface area contributed by atoms with E-state index in [9.17, 15) is 0 Å². The Balaban J connectivity index is 2.45. The quantitative estimate of drug-likeness (QED) is 0.551. The molecule has 0 aromatic rings. The molecular formula is C8H15NO. The maximum atomic E-state index is 8.90. The third-order valence-electron chi connectivity index (χ3n) is 2.25. The lowest BCUT2D eigenvalue weighted by Gasteiger charge is -2.25. The van der Waals surface area contributed by atoms with Gasteiger partial charge >= 0.3 is 0 Å². The average molecular weight is 141 g/mol. The number of hydrogen-bond acceptors (Lipinski definition) is 2. The van der Waals surface area contributed by atoms with Gasteiger partial charge in [0.05, 0.1) is 0 Å². The minimum absolute atomic E-state index is 0.284. The molecule has 0 saturated heterocycles. The smallest absolute Gasteiger partial charge is 0.0465 e. The van der Waals surface area contributed by atoms with Crippen LogP contribution in [0.1, 0.15) is 12.8 Å². The third-order valence-corrected chi connectivity index (χ3v) is 2.25. The molecule has 1 rings (SSSR count). The second-order valence-electron chi connectivity index (χ2n) is 2.88. The topological polar surface area (TPSA) is 46.2 Å². The lowest BCUT2D eigenvalue weighted by molar-refractivity contribution is 0.174. The van der Waals surface area contributed by atoms with Crippen LogP contribution in [0.15, 0.2) is 12.2 Å². The molecule has 0 amide bonds. The van der Waals surface area contributed by atoms with Gasteiger partial charge < -0.3 is 10.8 Å². The highest BCUT2D eigenvalue weighted by molar-refractivity contribution is 4.94. The maximum absolute atomic E-state index is 8.90. The molecule has 3 N–H and O–H groups in total. The summed E-state index contributed by atoms with van der Waals surface area (Å²) in [5, 5.41) is 8.90. The summed E-state index contributed by atoms with van der Waals surface area (Å²) in [5.41, 5.74) is 5.52. The van der Waals surface area contributed by atoms with Gasteiger partial charge in [0, 0.05) is 6.61 Å². The van der Waals surface area contributed by atoms with Crippen LogP contribution in [0.3, 0.4) is 0 Å². The Morgan fingerprint density at radius 3 is 2.30 bits per heavy atom. The number of rotatable bonds is 2. The fourth-order valence-electron chi connectivity index (χ4n) is 1.44. The highest BCUT2D eigenvalue weighted by Gasteiger charge is 2.19. The van der Waals surface area contributed by atoms with Gasteiger partial charge in [0.2, 0.25) is 0 Å². The molecule has 0 radical (unpaired) electrons. The first kappa shape index (κ1) is 7.76. The Morgan fingerprint density at radius 2 is 1.90 bits per heavy atom. The van der Waals surface area contributed by atoms with Crippen LogP contribution < -0.4 is 5.73 Å². The number of allylic oxidation sites excluding steroid dienone is 2. The molecule has 2 heteroatoms. The summed E-state index contributed by atoms with van der Waals surface area (Å²) in [7, 11) is 0. The van der Waals surface area contributed by atoms with Crippen molar-refractivity contribution >= 4 is 0 Å².